The van der Waals surface area contributed by atoms with Gasteiger partial charge in [-0.3, -0.25) is 9.59 Å². The minimum absolute atomic E-state index is 0.101. The molecule has 0 aliphatic carbocycles. The third kappa shape index (κ3) is 2.65. The molecule has 1 saturated heterocycles. The molecule has 1 unspecified atom stereocenters. The predicted molar refractivity (Wildman–Crippen MR) is 79.6 cm³/mol. The van der Waals surface area contributed by atoms with E-state index < -0.39 is 6.23 Å². The van der Waals surface area contributed by atoms with Crippen LogP contribution in [0.2, 0.25) is 0 Å². The average molecular weight is 297 g/mol. The van der Waals surface area contributed by atoms with E-state index in [2.05, 4.69) is 0 Å². The lowest BCUT2D eigenvalue weighted by atomic mass is 10.0. The van der Waals surface area contributed by atoms with E-state index in [4.69, 9.17) is 4.74 Å². The van der Waals surface area contributed by atoms with Gasteiger partial charge in [-0.1, -0.05) is 36.4 Å². The van der Waals surface area contributed by atoms with Gasteiger partial charge in [-0.2, -0.15) is 0 Å². The molecule has 1 N–H and O–H groups in total. The molecule has 0 spiro atoms. The Morgan fingerprint density at radius 1 is 1.18 bits per heavy atom. The number of benzene rings is 2. The van der Waals surface area contributed by atoms with Crippen molar-refractivity contribution in [2.45, 2.75) is 19.2 Å². The van der Waals surface area contributed by atoms with Gasteiger partial charge in [0.1, 0.15) is 5.75 Å². The largest absolute Gasteiger partial charge is 0.508 e. The van der Waals surface area contributed by atoms with Gasteiger partial charge < -0.3 is 14.7 Å². The van der Waals surface area contributed by atoms with Crippen molar-refractivity contribution in [3.8, 4) is 16.9 Å². The molecular formula is C17H15NO4. The number of β-lactam (4-membered cyclic amide) rings is 1. The molecule has 22 heavy (non-hydrogen) atoms. The number of phenols is 1. The summed E-state index contributed by atoms with van der Waals surface area (Å²) in [5, 5.41) is 10.0. The molecule has 1 fully saturated rings. The Labute approximate surface area is 127 Å². The van der Waals surface area contributed by atoms with Gasteiger partial charge in [-0.25, -0.2) is 0 Å². The molecule has 1 heterocycles. The highest BCUT2D eigenvalue weighted by atomic mass is 16.5. The quantitative estimate of drug-likeness (QED) is 0.679. The zero-order chi connectivity index (χ0) is 15.5. The minimum atomic E-state index is -0.537. The van der Waals surface area contributed by atoms with Crippen LogP contribution in [0.5, 0.6) is 5.75 Å². The fourth-order valence-electron chi connectivity index (χ4n) is 2.51. The molecule has 0 aromatic heterocycles. The van der Waals surface area contributed by atoms with Gasteiger partial charge in [0, 0.05) is 5.56 Å². The van der Waals surface area contributed by atoms with Crippen molar-refractivity contribution in [1.82, 2.24) is 4.90 Å². The minimum Gasteiger partial charge on any atom is -0.508 e. The smallest absolute Gasteiger partial charge is 0.295 e. The maximum absolute atomic E-state index is 11.6. The molecule has 112 valence electrons. The summed E-state index contributed by atoms with van der Waals surface area (Å²) in [6.45, 7) is 0.550. The summed E-state index contributed by atoms with van der Waals surface area (Å²) in [5.41, 5.74) is 2.60. The van der Waals surface area contributed by atoms with Crippen LogP contribution in [-0.2, 0) is 20.9 Å². The highest BCUT2D eigenvalue weighted by molar-refractivity contribution is 5.83. The molecule has 5 heteroatoms. The standard InChI is InChI=1S/C17H15NO4/c19-11-22-17-9-16(21)18(17)10-14-8-13(6-7-15(14)20)12-4-2-1-3-5-12/h1-8,11,17,20H,9-10H2. The lowest BCUT2D eigenvalue weighted by molar-refractivity contribution is -0.177. The second-order valence-electron chi connectivity index (χ2n) is 5.12. The predicted octanol–water partition coefficient (Wildman–Crippen LogP) is 2.29. The highest BCUT2D eigenvalue weighted by Gasteiger charge is 2.37. The number of phenolic OH excluding ortho intramolecular Hbond substituents is 1. The van der Waals surface area contributed by atoms with Gasteiger partial charge in [0.15, 0.2) is 6.23 Å². The zero-order valence-corrected chi connectivity index (χ0v) is 11.8. The van der Waals surface area contributed by atoms with Crippen LogP contribution in [0.25, 0.3) is 11.1 Å². The van der Waals surface area contributed by atoms with E-state index in [0.29, 0.717) is 12.0 Å². The third-order valence-electron chi connectivity index (χ3n) is 3.76. The molecule has 2 aromatic carbocycles. The monoisotopic (exact) mass is 297 g/mol. The molecule has 3 rings (SSSR count). The van der Waals surface area contributed by atoms with Gasteiger partial charge in [0.05, 0.1) is 13.0 Å². The van der Waals surface area contributed by atoms with Gasteiger partial charge >= 0.3 is 0 Å². The van der Waals surface area contributed by atoms with Crippen molar-refractivity contribution in [3.05, 3.63) is 54.1 Å². The summed E-state index contributed by atoms with van der Waals surface area (Å²) in [4.78, 5) is 23.5. The van der Waals surface area contributed by atoms with Crippen LogP contribution in [0.1, 0.15) is 12.0 Å². The zero-order valence-electron chi connectivity index (χ0n) is 11.8. The first-order valence-corrected chi connectivity index (χ1v) is 6.95. The number of ether oxygens (including phenoxy) is 1. The molecule has 5 nitrogen and oxygen atoms in total. The average Bonchev–Trinajstić information content (AvgIpc) is 2.54. The van der Waals surface area contributed by atoms with Gasteiger partial charge in [-0.15, -0.1) is 0 Å². The molecule has 0 bridgehead atoms. The fourth-order valence-corrected chi connectivity index (χ4v) is 2.51. The molecule has 1 aliphatic heterocycles. The highest BCUT2D eigenvalue weighted by Crippen LogP contribution is 2.30. The maximum atomic E-state index is 11.6. The molecule has 1 aliphatic rings. The number of nitrogens with zero attached hydrogens (tertiary/aromatic N) is 1. The number of carbonyl (C=O) groups excluding carboxylic acids is 2. The molecular weight excluding hydrogens is 282 g/mol. The Balaban J connectivity index is 1.84. The maximum Gasteiger partial charge on any atom is 0.295 e. The summed E-state index contributed by atoms with van der Waals surface area (Å²) < 4.78 is 4.83. The molecule has 2 aromatic rings. The lowest BCUT2D eigenvalue weighted by Crippen LogP contribution is -2.53. The summed E-state index contributed by atoms with van der Waals surface area (Å²) in [6.07, 6.45) is -0.345. The van der Waals surface area contributed by atoms with Crippen molar-refractivity contribution in [1.29, 1.82) is 0 Å². The summed E-state index contributed by atoms with van der Waals surface area (Å²) in [5.74, 6) is 0.0144. The van der Waals surface area contributed by atoms with Crippen molar-refractivity contribution in [3.63, 3.8) is 0 Å². The molecule has 1 amide bonds. The molecule has 0 saturated carbocycles. The van der Waals surface area contributed by atoms with E-state index in [1.54, 1.807) is 6.07 Å². The molecule has 1 atom stereocenters. The first kappa shape index (κ1) is 14.1. The summed E-state index contributed by atoms with van der Waals surface area (Å²) in [7, 11) is 0. The van der Waals surface area contributed by atoms with E-state index in [1.165, 1.54) is 4.90 Å². The van der Waals surface area contributed by atoms with Crippen LogP contribution < -0.4 is 0 Å². The van der Waals surface area contributed by atoms with Crippen molar-refractivity contribution >= 4 is 12.4 Å². The van der Waals surface area contributed by atoms with E-state index in [1.807, 2.05) is 42.5 Å². The summed E-state index contributed by atoms with van der Waals surface area (Å²) >= 11 is 0. The van der Waals surface area contributed by atoms with E-state index in [9.17, 15) is 14.7 Å². The Hall–Kier alpha value is -2.82. The number of amides is 1. The normalized spacial score (nSPS) is 17.0. The van der Waals surface area contributed by atoms with Crippen LogP contribution in [0, 0.1) is 0 Å². The van der Waals surface area contributed by atoms with Crippen LogP contribution in [0.3, 0.4) is 0 Å². The van der Waals surface area contributed by atoms with Crippen LogP contribution in [0.4, 0.5) is 0 Å². The second-order valence-corrected chi connectivity index (χ2v) is 5.12. The summed E-state index contributed by atoms with van der Waals surface area (Å²) in [6, 6.07) is 15.0. The van der Waals surface area contributed by atoms with Crippen molar-refractivity contribution in [2.75, 3.05) is 0 Å². The van der Waals surface area contributed by atoms with E-state index in [-0.39, 0.29) is 24.6 Å². The van der Waals surface area contributed by atoms with Crippen LogP contribution in [-0.4, -0.2) is 28.6 Å². The van der Waals surface area contributed by atoms with Gasteiger partial charge in [-0.05, 0) is 23.3 Å². The first-order chi connectivity index (χ1) is 10.7. The van der Waals surface area contributed by atoms with Gasteiger partial charge in [0.25, 0.3) is 6.47 Å². The van der Waals surface area contributed by atoms with Crippen molar-refractivity contribution < 1.29 is 19.4 Å². The van der Waals surface area contributed by atoms with E-state index in [0.717, 1.165) is 11.1 Å². The van der Waals surface area contributed by atoms with Crippen LogP contribution in [0.15, 0.2) is 48.5 Å². The van der Waals surface area contributed by atoms with Crippen LogP contribution >= 0.6 is 0 Å². The van der Waals surface area contributed by atoms with Crippen molar-refractivity contribution in [2.24, 2.45) is 0 Å². The fraction of sp³-hybridized carbons (Fsp3) is 0.176. The number of aromatic hydroxyl groups is 1. The number of likely N-dealkylation sites (tertiary alicyclic amines) is 1. The Morgan fingerprint density at radius 3 is 2.64 bits per heavy atom. The number of hydrogen-bond acceptors (Lipinski definition) is 4. The topological polar surface area (TPSA) is 66.8 Å². The lowest BCUT2D eigenvalue weighted by Gasteiger charge is -2.38. The first-order valence-electron chi connectivity index (χ1n) is 6.95. The van der Waals surface area contributed by atoms with Gasteiger partial charge in [0.2, 0.25) is 5.91 Å². The van der Waals surface area contributed by atoms with E-state index >= 15 is 0 Å². The molecule has 0 radical (unpaired) electrons. The second kappa shape index (κ2) is 5.89. The number of hydrogen-bond donors (Lipinski definition) is 1. The Bertz CT molecular complexity index is 697. The SMILES string of the molecule is O=COC1CC(=O)N1Cc1cc(-c2ccccc2)ccc1O. The number of carbonyl (C=O) groups is 2. The number of rotatable bonds is 5. The third-order valence-corrected chi connectivity index (χ3v) is 3.76. The Morgan fingerprint density at radius 2 is 1.95 bits per heavy atom. The Kier molecular flexibility index (Phi) is 3.78.